The number of carboxylic acid groups (broad SMARTS) is 1. The minimum atomic E-state index is -1.29. The summed E-state index contributed by atoms with van der Waals surface area (Å²) in [5.74, 6) is 2.89. The van der Waals surface area contributed by atoms with Gasteiger partial charge < -0.3 is 15.2 Å². The van der Waals surface area contributed by atoms with E-state index in [0.717, 1.165) is 4.90 Å². The maximum atomic E-state index is 12.6. The van der Waals surface area contributed by atoms with E-state index in [1.807, 2.05) is 0 Å². The zero-order chi connectivity index (χ0) is 20.4. The van der Waals surface area contributed by atoms with E-state index in [4.69, 9.17) is 10.6 Å². The molecule has 0 aromatic carbocycles. The van der Waals surface area contributed by atoms with E-state index in [1.54, 1.807) is 17.5 Å². The second-order valence-corrected chi connectivity index (χ2v) is 8.13. The Hall–Kier alpha value is -2.41. The number of carboxylic acids is 1. The lowest BCUT2D eigenvalue weighted by atomic mass is 10.0. The van der Waals surface area contributed by atoms with Gasteiger partial charge in [-0.1, -0.05) is 6.07 Å². The summed E-state index contributed by atoms with van der Waals surface area (Å²) >= 11 is 2.64. The van der Waals surface area contributed by atoms with Crippen LogP contribution in [0.1, 0.15) is 17.8 Å². The second kappa shape index (κ2) is 8.31. The van der Waals surface area contributed by atoms with Gasteiger partial charge in [-0.05, 0) is 11.4 Å². The summed E-state index contributed by atoms with van der Waals surface area (Å²) in [7, 11) is 0. The average molecular weight is 426 g/mol. The number of rotatable bonds is 7. The van der Waals surface area contributed by atoms with Crippen molar-refractivity contribution in [2.75, 3.05) is 12.4 Å². The normalized spacial score (nSPS) is 22.2. The molecular formula is C16H18N4O6S2. The SMILES string of the molecule is CC(=O)OCC1=C(C(=O)O)N2C(=O)[C@@H](NC(=O)C(NN)c3cccs3)[C@H]2SC1. The molecule has 28 heavy (non-hydrogen) atoms. The number of nitrogens with two attached hydrogens (primary N) is 1. The van der Waals surface area contributed by atoms with Gasteiger partial charge in [0.25, 0.3) is 5.91 Å². The molecule has 2 aliphatic heterocycles. The van der Waals surface area contributed by atoms with E-state index in [0.29, 0.717) is 10.5 Å². The number of aliphatic carboxylic acids is 1. The zero-order valence-electron chi connectivity index (χ0n) is 14.7. The van der Waals surface area contributed by atoms with Gasteiger partial charge >= 0.3 is 11.9 Å². The summed E-state index contributed by atoms with van der Waals surface area (Å²) in [6.07, 6.45) is 0. The number of ether oxygens (including phenoxy) is 1. The van der Waals surface area contributed by atoms with Gasteiger partial charge in [-0.3, -0.25) is 25.1 Å². The first kappa shape index (κ1) is 20.3. The third kappa shape index (κ3) is 3.76. The fourth-order valence-electron chi connectivity index (χ4n) is 2.96. The maximum Gasteiger partial charge on any atom is 0.352 e. The molecule has 1 fully saturated rings. The van der Waals surface area contributed by atoms with Gasteiger partial charge in [0.1, 0.15) is 29.8 Å². The largest absolute Gasteiger partial charge is 0.477 e. The number of fused-ring (bicyclic) bond motifs is 1. The fraction of sp³-hybridized carbons (Fsp3) is 0.375. The Balaban J connectivity index is 1.74. The van der Waals surface area contributed by atoms with Crippen LogP contribution in [-0.4, -0.2) is 57.5 Å². The van der Waals surface area contributed by atoms with Crippen LogP contribution in [0.4, 0.5) is 0 Å². The van der Waals surface area contributed by atoms with Crippen molar-refractivity contribution in [2.45, 2.75) is 24.4 Å². The second-order valence-electron chi connectivity index (χ2n) is 6.05. The van der Waals surface area contributed by atoms with Gasteiger partial charge in [-0.2, -0.15) is 0 Å². The fourth-order valence-corrected chi connectivity index (χ4v) is 5.07. The number of carbonyl (C=O) groups is 4. The Kier molecular flexibility index (Phi) is 6.03. The Morgan fingerprint density at radius 1 is 1.46 bits per heavy atom. The number of hydrogen-bond donors (Lipinski definition) is 4. The minimum absolute atomic E-state index is 0.199. The van der Waals surface area contributed by atoms with Gasteiger partial charge in [0.05, 0.1) is 0 Å². The standard InChI is InChI=1S/C16H18N4O6S2/c1-7(21)26-5-8-6-28-15-11(14(23)20(15)12(8)16(24)25)18-13(22)10(19-17)9-3-2-4-27-9/h2-4,10-11,15,19H,5-6,17H2,1H3,(H,18,22)(H,24,25)/t10?,11-,15-/m1/s1. The molecule has 0 aliphatic carbocycles. The van der Waals surface area contributed by atoms with Gasteiger partial charge in [0, 0.05) is 23.1 Å². The molecule has 1 unspecified atom stereocenters. The van der Waals surface area contributed by atoms with Gasteiger partial charge in [0.15, 0.2) is 0 Å². The number of hydrazine groups is 1. The first-order chi connectivity index (χ1) is 13.3. The average Bonchev–Trinajstić information content (AvgIpc) is 3.18. The summed E-state index contributed by atoms with van der Waals surface area (Å²) in [4.78, 5) is 49.6. The summed E-state index contributed by atoms with van der Waals surface area (Å²) in [5.41, 5.74) is 2.55. The van der Waals surface area contributed by atoms with Crippen LogP contribution in [0, 0.1) is 0 Å². The number of thioether (sulfide) groups is 1. The van der Waals surface area contributed by atoms with E-state index < -0.39 is 41.2 Å². The summed E-state index contributed by atoms with van der Waals surface area (Å²) in [6, 6.07) is 1.84. The van der Waals surface area contributed by atoms with Crippen LogP contribution >= 0.6 is 23.1 Å². The van der Waals surface area contributed by atoms with Crippen LogP contribution in [0.15, 0.2) is 28.8 Å². The van der Waals surface area contributed by atoms with Gasteiger partial charge in [0.2, 0.25) is 5.91 Å². The molecule has 10 nitrogen and oxygen atoms in total. The lowest BCUT2D eigenvalue weighted by Crippen LogP contribution is -2.71. The molecule has 12 heteroatoms. The number of thiophene rings is 1. The van der Waals surface area contributed by atoms with Crippen LogP contribution in [0.25, 0.3) is 0 Å². The van der Waals surface area contributed by atoms with Gasteiger partial charge in [-0.25, -0.2) is 10.2 Å². The van der Waals surface area contributed by atoms with Crippen molar-refractivity contribution >= 4 is 46.9 Å². The van der Waals surface area contributed by atoms with Crippen LogP contribution in [-0.2, 0) is 23.9 Å². The van der Waals surface area contributed by atoms with Crippen molar-refractivity contribution in [3.63, 3.8) is 0 Å². The van der Waals surface area contributed by atoms with Gasteiger partial charge in [-0.15, -0.1) is 23.1 Å². The van der Waals surface area contributed by atoms with Crippen LogP contribution < -0.4 is 16.6 Å². The highest BCUT2D eigenvalue weighted by atomic mass is 32.2. The molecule has 0 bridgehead atoms. The minimum Gasteiger partial charge on any atom is -0.477 e. The van der Waals surface area contributed by atoms with Crippen LogP contribution in [0.2, 0.25) is 0 Å². The summed E-state index contributed by atoms with van der Waals surface area (Å²) in [6.45, 7) is 1.02. The van der Waals surface area contributed by atoms with E-state index in [-0.39, 0.29) is 18.1 Å². The molecule has 1 aromatic rings. The van der Waals surface area contributed by atoms with E-state index in [9.17, 15) is 24.3 Å². The van der Waals surface area contributed by atoms with E-state index >= 15 is 0 Å². The maximum absolute atomic E-state index is 12.6. The third-order valence-electron chi connectivity index (χ3n) is 4.25. The number of nitrogens with one attached hydrogen (secondary N) is 2. The predicted molar refractivity (Wildman–Crippen MR) is 101 cm³/mol. The summed E-state index contributed by atoms with van der Waals surface area (Å²) in [5, 5.41) is 13.4. The highest BCUT2D eigenvalue weighted by molar-refractivity contribution is 8.00. The first-order valence-electron chi connectivity index (χ1n) is 8.18. The molecular weight excluding hydrogens is 408 g/mol. The number of hydrogen-bond acceptors (Lipinski definition) is 9. The molecule has 3 rings (SSSR count). The highest BCUT2D eigenvalue weighted by Gasteiger charge is 2.54. The third-order valence-corrected chi connectivity index (χ3v) is 6.53. The Morgan fingerprint density at radius 2 is 2.21 bits per heavy atom. The van der Waals surface area contributed by atoms with Crippen molar-refractivity contribution in [1.29, 1.82) is 0 Å². The molecule has 0 saturated carbocycles. The molecule has 2 aliphatic rings. The molecule has 2 amide bonds. The highest BCUT2D eigenvalue weighted by Crippen LogP contribution is 2.40. The molecule has 150 valence electrons. The van der Waals surface area contributed by atoms with Crippen molar-refractivity contribution < 1.29 is 29.0 Å². The zero-order valence-corrected chi connectivity index (χ0v) is 16.3. The monoisotopic (exact) mass is 426 g/mol. The lowest BCUT2D eigenvalue weighted by molar-refractivity contribution is -0.151. The Labute approximate surface area is 168 Å². The molecule has 1 saturated heterocycles. The van der Waals surface area contributed by atoms with Crippen molar-refractivity contribution in [1.82, 2.24) is 15.6 Å². The van der Waals surface area contributed by atoms with Crippen molar-refractivity contribution in [2.24, 2.45) is 5.84 Å². The first-order valence-corrected chi connectivity index (χ1v) is 10.1. The Morgan fingerprint density at radius 3 is 2.79 bits per heavy atom. The number of nitrogens with zero attached hydrogens (tertiary/aromatic N) is 1. The molecule has 3 heterocycles. The number of β-lactam (4-membered cyclic amide) rings is 1. The molecule has 3 atom stereocenters. The Bertz CT molecular complexity index is 840. The van der Waals surface area contributed by atoms with E-state index in [2.05, 4.69) is 10.7 Å². The predicted octanol–water partition coefficient (Wildman–Crippen LogP) is -0.446. The quantitative estimate of drug-likeness (QED) is 0.197. The van der Waals surface area contributed by atoms with Crippen molar-refractivity contribution in [3.05, 3.63) is 33.7 Å². The lowest BCUT2D eigenvalue weighted by Gasteiger charge is -2.49. The number of esters is 1. The molecule has 0 radical (unpaired) electrons. The van der Waals surface area contributed by atoms with Crippen LogP contribution in [0.5, 0.6) is 0 Å². The van der Waals surface area contributed by atoms with Crippen LogP contribution in [0.3, 0.4) is 0 Å². The smallest absolute Gasteiger partial charge is 0.352 e. The number of carbonyl (C=O) groups excluding carboxylic acids is 3. The van der Waals surface area contributed by atoms with E-state index in [1.165, 1.54) is 30.0 Å². The van der Waals surface area contributed by atoms with Crippen molar-refractivity contribution in [3.8, 4) is 0 Å². The molecule has 0 spiro atoms. The summed E-state index contributed by atoms with van der Waals surface area (Å²) < 4.78 is 4.88. The topological polar surface area (TPSA) is 151 Å². The molecule has 1 aromatic heterocycles. The number of amides is 2. The molecule has 5 N–H and O–H groups in total.